The van der Waals surface area contributed by atoms with Gasteiger partial charge < -0.3 is 10.7 Å². The maximum absolute atomic E-state index is 6.08. The normalized spacial score (nSPS) is 11.1. The van der Waals surface area contributed by atoms with Crippen LogP contribution in [0.2, 0.25) is 5.02 Å². The molecule has 0 bridgehead atoms. The average Bonchev–Trinajstić information content (AvgIpc) is 2.45. The van der Waals surface area contributed by atoms with Gasteiger partial charge in [-0.05, 0) is 37.6 Å². The second kappa shape index (κ2) is 3.59. The van der Waals surface area contributed by atoms with Crippen molar-refractivity contribution in [3.8, 4) is 0 Å². The molecule has 1 aromatic carbocycles. The molecule has 1 heterocycles. The van der Waals surface area contributed by atoms with Crippen LogP contribution >= 0.6 is 11.6 Å². The fourth-order valence-corrected chi connectivity index (χ4v) is 1.80. The number of H-pyrrole nitrogens is 1. The molecule has 14 heavy (non-hydrogen) atoms. The van der Waals surface area contributed by atoms with Gasteiger partial charge in [-0.3, -0.25) is 0 Å². The van der Waals surface area contributed by atoms with Crippen molar-refractivity contribution in [3.05, 3.63) is 28.5 Å². The molecule has 0 spiro atoms. The van der Waals surface area contributed by atoms with E-state index in [4.69, 9.17) is 17.3 Å². The number of aromatic amines is 1. The smallest absolute Gasteiger partial charge is 0.104 e. The van der Waals surface area contributed by atoms with Crippen LogP contribution in [0.4, 0.5) is 0 Å². The third-order valence-corrected chi connectivity index (χ3v) is 2.53. The van der Waals surface area contributed by atoms with Crippen LogP contribution in [0, 0.1) is 6.92 Å². The van der Waals surface area contributed by atoms with Crippen LogP contribution in [-0.4, -0.2) is 16.5 Å². The number of imidazole rings is 1. The Bertz CT molecular complexity index is 462. The molecular formula is C10H12ClN3. The summed E-state index contributed by atoms with van der Waals surface area (Å²) in [4.78, 5) is 7.48. The predicted molar refractivity (Wildman–Crippen MR) is 58.6 cm³/mol. The van der Waals surface area contributed by atoms with Crippen LogP contribution < -0.4 is 5.73 Å². The first-order valence-electron chi connectivity index (χ1n) is 4.55. The van der Waals surface area contributed by atoms with Crippen molar-refractivity contribution in [1.82, 2.24) is 9.97 Å². The second-order valence-corrected chi connectivity index (χ2v) is 3.73. The predicted octanol–water partition coefficient (Wildman–Crippen LogP) is 2.03. The summed E-state index contributed by atoms with van der Waals surface area (Å²) < 4.78 is 0. The highest BCUT2D eigenvalue weighted by molar-refractivity contribution is 6.32. The van der Waals surface area contributed by atoms with E-state index < -0.39 is 0 Å². The van der Waals surface area contributed by atoms with Gasteiger partial charge in [-0.15, -0.1) is 0 Å². The van der Waals surface area contributed by atoms with Crippen LogP contribution in [0.1, 0.15) is 11.4 Å². The van der Waals surface area contributed by atoms with E-state index in [1.165, 1.54) is 0 Å². The van der Waals surface area contributed by atoms with Crippen molar-refractivity contribution in [3.63, 3.8) is 0 Å². The molecule has 0 fully saturated rings. The monoisotopic (exact) mass is 209 g/mol. The maximum Gasteiger partial charge on any atom is 0.104 e. The van der Waals surface area contributed by atoms with Gasteiger partial charge in [0.15, 0.2) is 0 Å². The Morgan fingerprint density at radius 1 is 1.50 bits per heavy atom. The largest absolute Gasteiger partial charge is 0.342 e. The van der Waals surface area contributed by atoms with E-state index in [0.717, 1.165) is 33.9 Å². The summed E-state index contributed by atoms with van der Waals surface area (Å²) in [6, 6.07) is 3.90. The molecule has 74 valence electrons. The van der Waals surface area contributed by atoms with Crippen LogP contribution in [0.5, 0.6) is 0 Å². The number of aromatic nitrogens is 2. The lowest BCUT2D eigenvalue weighted by molar-refractivity contribution is 0.970. The molecule has 0 unspecified atom stereocenters. The van der Waals surface area contributed by atoms with Gasteiger partial charge in [-0.25, -0.2) is 4.98 Å². The second-order valence-electron chi connectivity index (χ2n) is 3.32. The first kappa shape index (κ1) is 9.49. The van der Waals surface area contributed by atoms with Crippen LogP contribution in [0.25, 0.3) is 11.0 Å². The molecule has 0 aliphatic rings. The number of hydrogen-bond acceptors (Lipinski definition) is 2. The van der Waals surface area contributed by atoms with Crippen LogP contribution in [-0.2, 0) is 6.42 Å². The minimum Gasteiger partial charge on any atom is -0.342 e. The number of halogens is 1. The minimum atomic E-state index is 0.609. The number of nitrogens with one attached hydrogen (secondary N) is 1. The quantitative estimate of drug-likeness (QED) is 0.795. The summed E-state index contributed by atoms with van der Waals surface area (Å²) in [6.07, 6.45) is 0.798. The van der Waals surface area contributed by atoms with Crippen molar-refractivity contribution in [2.24, 2.45) is 5.73 Å². The fraction of sp³-hybridized carbons (Fsp3) is 0.300. The zero-order chi connectivity index (χ0) is 10.1. The van der Waals surface area contributed by atoms with E-state index in [1.54, 1.807) is 0 Å². The Hall–Kier alpha value is -1.06. The fourth-order valence-electron chi connectivity index (χ4n) is 1.55. The Kier molecular flexibility index (Phi) is 2.44. The lowest BCUT2D eigenvalue weighted by atomic mass is 10.1. The SMILES string of the molecule is Cc1nc2cc(Cl)c(CCN)cc2[nH]1. The van der Waals surface area contributed by atoms with Gasteiger partial charge in [-0.1, -0.05) is 11.6 Å². The standard InChI is InChI=1S/C10H12ClN3/c1-6-13-9-4-7(2-3-12)8(11)5-10(9)14-6/h4-5H,2-3,12H2,1H3,(H,13,14). The number of nitrogens with two attached hydrogens (primary N) is 1. The molecule has 3 nitrogen and oxygen atoms in total. The lowest BCUT2D eigenvalue weighted by Gasteiger charge is -2.01. The summed E-state index contributed by atoms with van der Waals surface area (Å²) in [7, 11) is 0. The lowest BCUT2D eigenvalue weighted by Crippen LogP contribution is -2.03. The molecule has 0 saturated heterocycles. The molecule has 0 aliphatic heterocycles. The molecule has 0 aliphatic carbocycles. The first-order chi connectivity index (χ1) is 6.70. The Labute approximate surface area is 87.3 Å². The van der Waals surface area contributed by atoms with Crippen molar-refractivity contribution >= 4 is 22.6 Å². The third-order valence-electron chi connectivity index (χ3n) is 2.18. The van der Waals surface area contributed by atoms with Gasteiger partial charge >= 0.3 is 0 Å². The highest BCUT2D eigenvalue weighted by Crippen LogP contribution is 2.22. The van der Waals surface area contributed by atoms with E-state index in [0.29, 0.717) is 6.54 Å². The van der Waals surface area contributed by atoms with Gasteiger partial charge in [0, 0.05) is 5.02 Å². The summed E-state index contributed by atoms with van der Waals surface area (Å²) in [6.45, 7) is 2.54. The summed E-state index contributed by atoms with van der Waals surface area (Å²) >= 11 is 6.08. The molecule has 2 rings (SSSR count). The molecule has 1 aromatic heterocycles. The number of nitrogens with zero attached hydrogens (tertiary/aromatic N) is 1. The number of rotatable bonds is 2. The Balaban J connectivity index is 2.58. The molecule has 0 amide bonds. The summed E-state index contributed by atoms with van der Waals surface area (Å²) in [5.74, 6) is 0.904. The summed E-state index contributed by atoms with van der Waals surface area (Å²) in [5.41, 5.74) is 8.50. The molecular weight excluding hydrogens is 198 g/mol. The topological polar surface area (TPSA) is 54.7 Å². The maximum atomic E-state index is 6.08. The van der Waals surface area contributed by atoms with E-state index in [9.17, 15) is 0 Å². The van der Waals surface area contributed by atoms with Crippen molar-refractivity contribution in [1.29, 1.82) is 0 Å². The van der Waals surface area contributed by atoms with E-state index in [-0.39, 0.29) is 0 Å². The Morgan fingerprint density at radius 3 is 3.00 bits per heavy atom. The van der Waals surface area contributed by atoms with Crippen molar-refractivity contribution in [2.45, 2.75) is 13.3 Å². The van der Waals surface area contributed by atoms with E-state index >= 15 is 0 Å². The highest BCUT2D eigenvalue weighted by Gasteiger charge is 2.05. The van der Waals surface area contributed by atoms with Gasteiger partial charge in [0.25, 0.3) is 0 Å². The zero-order valence-electron chi connectivity index (χ0n) is 7.97. The number of hydrogen-bond donors (Lipinski definition) is 2. The average molecular weight is 210 g/mol. The van der Waals surface area contributed by atoms with Gasteiger partial charge in [0.1, 0.15) is 5.82 Å². The Morgan fingerprint density at radius 2 is 2.29 bits per heavy atom. The molecule has 4 heteroatoms. The first-order valence-corrected chi connectivity index (χ1v) is 4.93. The summed E-state index contributed by atoms with van der Waals surface area (Å²) in [5, 5.41) is 0.745. The van der Waals surface area contributed by atoms with Crippen molar-refractivity contribution < 1.29 is 0 Å². The van der Waals surface area contributed by atoms with Crippen LogP contribution in [0.15, 0.2) is 12.1 Å². The number of fused-ring (bicyclic) bond motifs is 1. The van der Waals surface area contributed by atoms with Gasteiger partial charge in [0.2, 0.25) is 0 Å². The number of benzene rings is 1. The number of aryl methyl sites for hydroxylation is 1. The van der Waals surface area contributed by atoms with E-state index in [2.05, 4.69) is 9.97 Å². The van der Waals surface area contributed by atoms with Gasteiger partial charge in [0.05, 0.1) is 11.0 Å². The zero-order valence-corrected chi connectivity index (χ0v) is 8.73. The van der Waals surface area contributed by atoms with E-state index in [1.807, 2.05) is 19.1 Å². The van der Waals surface area contributed by atoms with Crippen LogP contribution in [0.3, 0.4) is 0 Å². The highest BCUT2D eigenvalue weighted by atomic mass is 35.5. The minimum absolute atomic E-state index is 0.609. The third kappa shape index (κ3) is 1.61. The van der Waals surface area contributed by atoms with Crippen molar-refractivity contribution in [2.75, 3.05) is 6.54 Å². The molecule has 0 saturated carbocycles. The van der Waals surface area contributed by atoms with Gasteiger partial charge in [-0.2, -0.15) is 0 Å². The molecule has 0 radical (unpaired) electrons. The molecule has 0 atom stereocenters. The molecule has 3 N–H and O–H groups in total. The molecule has 2 aromatic rings.